The van der Waals surface area contributed by atoms with Gasteiger partial charge in [0.05, 0.1) is 4.47 Å². The predicted octanol–water partition coefficient (Wildman–Crippen LogP) is 3.78. The molecular weight excluding hydrogens is 335 g/mol. The molecule has 0 fully saturated rings. The van der Waals surface area contributed by atoms with Crippen molar-refractivity contribution >= 4 is 15.9 Å². The van der Waals surface area contributed by atoms with Crippen LogP contribution in [0.3, 0.4) is 0 Å². The van der Waals surface area contributed by atoms with Crippen LogP contribution in [0.5, 0.6) is 0 Å². The number of likely N-dealkylation sites (N-methyl/N-ethyl adjacent to an activating group) is 1. The lowest BCUT2D eigenvalue weighted by molar-refractivity contribution is 0.0144. The van der Waals surface area contributed by atoms with Crippen molar-refractivity contribution in [3.8, 4) is 0 Å². The highest BCUT2D eigenvalue weighted by atomic mass is 79.9. The molecule has 0 saturated heterocycles. The molecule has 1 rings (SSSR count). The van der Waals surface area contributed by atoms with Gasteiger partial charge in [0, 0.05) is 12.6 Å². The highest BCUT2D eigenvalue weighted by Crippen LogP contribution is 2.18. The Morgan fingerprint density at radius 1 is 1.35 bits per heavy atom. The number of nitrogens with one attached hydrogen (secondary N) is 1. The van der Waals surface area contributed by atoms with Crippen LogP contribution in [0.2, 0.25) is 0 Å². The minimum absolute atomic E-state index is 0.120. The van der Waals surface area contributed by atoms with Crippen LogP contribution < -0.4 is 5.32 Å². The van der Waals surface area contributed by atoms with Crippen LogP contribution >= 0.6 is 15.9 Å². The van der Waals surface area contributed by atoms with Crippen LogP contribution in [0.25, 0.3) is 0 Å². The standard InChI is InChI=1S/C14H19BrF3NO/c1-2-19-11(5-6-20-9-14(17)18)7-10-3-4-13(16)12(15)8-10/h3-4,8,11,14,19H,2,5-7,9H2,1H3. The van der Waals surface area contributed by atoms with Crippen LogP contribution in [0.15, 0.2) is 22.7 Å². The topological polar surface area (TPSA) is 21.3 Å². The van der Waals surface area contributed by atoms with Crippen molar-refractivity contribution in [2.45, 2.75) is 32.2 Å². The van der Waals surface area contributed by atoms with E-state index in [0.29, 0.717) is 17.3 Å². The molecular formula is C14H19BrF3NO. The molecule has 20 heavy (non-hydrogen) atoms. The average Bonchev–Trinajstić information content (AvgIpc) is 2.39. The van der Waals surface area contributed by atoms with Gasteiger partial charge in [0.2, 0.25) is 0 Å². The summed E-state index contributed by atoms with van der Waals surface area (Å²) in [6, 6.07) is 5.00. The van der Waals surface area contributed by atoms with Gasteiger partial charge in [0.1, 0.15) is 12.4 Å². The highest BCUT2D eigenvalue weighted by molar-refractivity contribution is 9.10. The number of benzene rings is 1. The molecule has 0 aromatic heterocycles. The number of hydrogen-bond donors (Lipinski definition) is 1. The minimum Gasteiger partial charge on any atom is -0.375 e. The second kappa shape index (κ2) is 9.37. The molecule has 0 saturated carbocycles. The van der Waals surface area contributed by atoms with Gasteiger partial charge >= 0.3 is 0 Å². The molecule has 0 aliphatic rings. The van der Waals surface area contributed by atoms with Crippen molar-refractivity contribution in [2.75, 3.05) is 19.8 Å². The Labute approximate surface area is 125 Å². The second-order valence-corrected chi connectivity index (χ2v) is 5.32. The lowest BCUT2D eigenvalue weighted by atomic mass is 10.0. The first-order chi connectivity index (χ1) is 9.52. The maximum Gasteiger partial charge on any atom is 0.261 e. The van der Waals surface area contributed by atoms with E-state index in [2.05, 4.69) is 21.2 Å². The van der Waals surface area contributed by atoms with Crippen LogP contribution in [0, 0.1) is 5.82 Å². The molecule has 1 atom stereocenters. The maximum atomic E-state index is 13.2. The molecule has 2 nitrogen and oxygen atoms in total. The van der Waals surface area contributed by atoms with E-state index in [4.69, 9.17) is 4.74 Å². The summed E-state index contributed by atoms with van der Waals surface area (Å²) < 4.78 is 42.4. The second-order valence-electron chi connectivity index (χ2n) is 4.46. The smallest absolute Gasteiger partial charge is 0.261 e. The maximum absolute atomic E-state index is 13.2. The zero-order chi connectivity index (χ0) is 15.0. The summed E-state index contributed by atoms with van der Waals surface area (Å²) >= 11 is 3.15. The molecule has 0 amide bonds. The fourth-order valence-electron chi connectivity index (χ4n) is 1.91. The zero-order valence-electron chi connectivity index (χ0n) is 11.3. The summed E-state index contributed by atoms with van der Waals surface area (Å²) in [6.07, 6.45) is -1.10. The Balaban J connectivity index is 2.46. The average molecular weight is 354 g/mol. The molecule has 6 heteroatoms. The van der Waals surface area contributed by atoms with Crippen molar-refractivity contribution in [3.05, 3.63) is 34.1 Å². The van der Waals surface area contributed by atoms with Crippen molar-refractivity contribution in [1.82, 2.24) is 5.32 Å². The van der Waals surface area contributed by atoms with E-state index < -0.39 is 13.0 Å². The van der Waals surface area contributed by atoms with E-state index in [0.717, 1.165) is 12.1 Å². The fourth-order valence-corrected chi connectivity index (χ4v) is 2.34. The Kier molecular flexibility index (Phi) is 8.18. The lowest BCUT2D eigenvalue weighted by Crippen LogP contribution is -2.32. The van der Waals surface area contributed by atoms with E-state index in [1.807, 2.05) is 6.92 Å². The first-order valence-electron chi connectivity index (χ1n) is 6.56. The molecule has 0 bridgehead atoms. The van der Waals surface area contributed by atoms with Crippen molar-refractivity contribution in [3.63, 3.8) is 0 Å². The third-order valence-corrected chi connectivity index (χ3v) is 3.42. The van der Waals surface area contributed by atoms with E-state index in [-0.39, 0.29) is 18.5 Å². The Morgan fingerprint density at radius 3 is 2.70 bits per heavy atom. The molecule has 0 radical (unpaired) electrons. The fraction of sp³-hybridized carbons (Fsp3) is 0.571. The third-order valence-electron chi connectivity index (χ3n) is 2.81. The van der Waals surface area contributed by atoms with Gasteiger partial charge in [-0.05, 0) is 53.0 Å². The molecule has 0 aliphatic carbocycles. The largest absolute Gasteiger partial charge is 0.375 e. The molecule has 114 valence electrons. The van der Waals surface area contributed by atoms with Gasteiger partial charge in [-0.15, -0.1) is 0 Å². The van der Waals surface area contributed by atoms with Gasteiger partial charge in [0.25, 0.3) is 6.43 Å². The third kappa shape index (κ3) is 6.72. The zero-order valence-corrected chi connectivity index (χ0v) is 12.9. The van der Waals surface area contributed by atoms with Crippen molar-refractivity contribution in [2.24, 2.45) is 0 Å². The summed E-state index contributed by atoms with van der Waals surface area (Å²) in [7, 11) is 0. The summed E-state index contributed by atoms with van der Waals surface area (Å²) in [5.74, 6) is -0.297. The van der Waals surface area contributed by atoms with Crippen LogP contribution in [0.4, 0.5) is 13.2 Å². The number of ether oxygens (including phenoxy) is 1. The van der Waals surface area contributed by atoms with E-state index >= 15 is 0 Å². The summed E-state index contributed by atoms with van der Waals surface area (Å²) in [5, 5.41) is 3.28. The summed E-state index contributed by atoms with van der Waals surface area (Å²) in [6.45, 7) is 2.51. The molecule has 0 aliphatic heterocycles. The van der Waals surface area contributed by atoms with Gasteiger partial charge < -0.3 is 10.1 Å². The van der Waals surface area contributed by atoms with Crippen molar-refractivity contribution < 1.29 is 17.9 Å². The van der Waals surface area contributed by atoms with Gasteiger partial charge in [0.15, 0.2) is 0 Å². The first-order valence-corrected chi connectivity index (χ1v) is 7.35. The summed E-state index contributed by atoms with van der Waals surface area (Å²) in [5.41, 5.74) is 0.984. The normalized spacial score (nSPS) is 12.9. The highest BCUT2D eigenvalue weighted by Gasteiger charge is 2.11. The van der Waals surface area contributed by atoms with Crippen LogP contribution in [0.1, 0.15) is 18.9 Å². The van der Waals surface area contributed by atoms with Gasteiger partial charge in [-0.1, -0.05) is 13.0 Å². The molecule has 1 N–H and O–H groups in total. The molecule has 0 spiro atoms. The molecule has 1 unspecified atom stereocenters. The van der Waals surface area contributed by atoms with Gasteiger partial charge in [-0.2, -0.15) is 0 Å². The first kappa shape index (κ1) is 17.5. The number of hydrogen-bond acceptors (Lipinski definition) is 2. The molecule has 1 aromatic rings. The SMILES string of the molecule is CCNC(CCOCC(F)F)Cc1ccc(F)c(Br)c1. The minimum atomic E-state index is -2.43. The number of halogens is 4. The Bertz CT molecular complexity index is 404. The van der Waals surface area contributed by atoms with Gasteiger partial charge in [-0.3, -0.25) is 0 Å². The quantitative estimate of drug-likeness (QED) is 0.682. The lowest BCUT2D eigenvalue weighted by Gasteiger charge is -2.18. The van der Waals surface area contributed by atoms with Gasteiger partial charge in [-0.25, -0.2) is 13.2 Å². The van der Waals surface area contributed by atoms with E-state index in [1.165, 1.54) is 6.07 Å². The number of rotatable bonds is 9. The predicted molar refractivity (Wildman–Crippen MR) is 76.7 cm³/mol. The van der Waals surface area contributed by atoms with Crippen LogP contribution in [-0.2, 0) is 11.2 Å². The number of alkyl halides is 2. The van der Waals surface area contributed by atoms with Crippen molar-refractivity contribution in [1.29, 1.82) is 0 Å². The monoisotopic (exact) mass is 353 g/mol. The Morgan fingerprint density at radius 2 is 2.10 bits per heavy atom. The van der Waals surface area contributed by atoms with E-state index in [9.17, 15) is 13.2 Å². The van der Waals surface area contributed by atoms with Crippen LogP contribution in [-0.4, -0.2) is 32.2 Å². The Hall–Kier alpha value is -0.590. The summed E-state index contributed by atoms with van der Waals surface area (Å²) in [4.78, 5) is 0. The molecule has 1 aromatic carbocycles. The van der Waals surface area contributed by atoms with E-state index in [1.54, 1.807) is 12.1 Å². The molecule has 0 heterocycles.